The van der Waals surface area contributed by atoms with Crippen molar-refractivity contribution in [2.24, 2.45) is 0 Å². The van der Waals surface area contributed by atoms with Gasteiger partial charge in [-0.25, -0.2) is 9.97 Å². The van der Waals surface area contributed by atoms with Crippen LogP contribution < -0.4 is 5.32 Å². The molecule has 0 amide bonds. The molecule has 1 saturated heterocycles. The van der Waals surface area contributed by atoms with Crippen LogP contribution in [0.3, 0.4) is 0 Å². The van der Waals surface area contributed by atoms with E-state index in [2.05, 4.69) is 38.2 Å². The highest BCUT2D eigenvalue weighted by Gasteiger charge is 2.23. The molecule has 112 valence electrons. The lowest BCUT2D eigenvalue weighted by molar-refractivity contribution is 0.371. The van der Waals surface area contributed by atoms with E-state index < -0.39 is 0 Å². The lowest BCUT2D eigenvalue weighted by Crippen LogP contribution is -2.35. The summed E-state index contributed by atoms with van der Waals surface area (Å²) >= 11 is 0. The SMILES string of the molecule is CC1CC(c2ncc3nc(-c4ccccn4)cc-3[nH]2)CCN1. The van der Waals surface area contributed by atoms with Crippen molar-refractivity contribution < 1.29 is 0 Å². The van der Waals surface area contributed by atoms with Gasteiger partial charge in [-0.2, -0.15) is 0 Å². The molecule has 22 heavy (non-hydrogen) atoms. The molecule has 0 aromatic carbocycles. The van der Waals surface area contributed by atoms with E-state index in [1.807, 2.05) is 24.4 Å². The lowest BCUT2D eigenvalue weighted by atomic mass is 9.92. The smallest absolute Gasteiger partial charge is 0.109 e. The van der Waals surface area contributed by atoms with Gasteiger partial charge in [-0.05, 0) is 44.5 Å². The predicted octanol–water partition coefficient (Wildman–Crippen LogP) is 2.83. The maximum Gasteiger partial charge on any atom is 0.109 e. The van der Waals surface area contributed by atoms with Crippen LogP contribution in [0.15, 0.2) is 36.7 Å². The Morgan fingerprint density at radius 1 is 1.14 bits per heavy atom. The van der Waals surface area contributed by atoms with Gasteiger partial charge < -0.3 is 10.3 Å². The summed E-state index contributed by atoms with van der Waals surface area (Å²) in [4.78, 5) is 17.1. The Labute approximate surface area is 129 Å². The number of nitrogens with zero attached hydrogens (tertiary/aromatic N) is 3. The predicted molar refractivity (Wildman–Crippen MR) is 85.7 cm³/mol. The van der Waals surface area contributed by atoms with E-state index in [4.69, 9.17) is 0 Å². The van der Waals surface area contributed by atoms with Gasteiger partial charge in [0.2, 0.25) is 0 Å². The molecule has 1 aromatic heterocycles. The Kier molecular flexibility index (Phi) is 3.35. The number of aromatic nitrogens is 4. The van der Waals surface area contributed by atoms with E-state index in [0.717, 1.165) is 48.0 Å². The number of aromatic amines is 1. The van der Waals surface area contributed by atoms with Crippen molar-refractivity contribution in [1.82, 2.24) is 25.3 Å². The number of rotatable bonds is 2. The second-order valence-corrected chi connectivity index (χ2v) is 6.00. The second kappa shape index (κ2) is 5.50. The Hall–Kier alpha value is -2.27. The highest BCUT2D eigenvalue weighted by atomic mass is 15.0. The van der Waals surface area contributed by atoms with Crippen molar-refractivity contribution in [3.05, 3.63) is 42.5 Å². The number of H-pyrrole nitrogens is 1. The van der Waals surface area contributed by atoms with Gasteiger partial charge in [0.25, 0.3) is 0 Å². The van der Waals surface area contributed by atoms with Crippen LogP contribution in [0.5, 0.6) is 0 Å². The molecule has 2 N–H and O–H groups in total. The van der Waals surface area contributed by atoms with Gasteiger partial charge in [0.15, 0.2) is 0 Å². The third-order valence-electron chi connectivity index (χ3n) is 4.32. The first-order valence-electron chi connectivity index (χ1n) is 7.80. The molecule has 2 unspecified atom stereocenters. The molecule has 0 saturated carbocycles. The average molecular weight is 293 g/mol. The molecule has 5 nitrogen and oxygen atoms in total. The maximum atomic E-state index is 4.62. The van der Waals surface area contributed by atoms with Crippen molar-refractivity contribution in [1.29, 1.82) is 0 Å². The largest absolute Gasteiger partial charge is 0.342 e. The summed E-state index contributed by atoms with van der Waals surface area (Å²) in [6, 6.07) is 8.48. The highest BCUT2D eigenvalue weighted by molar-refractivity contribution is 5.68. The van der Waals surface area contributed by atoms with Crippen molar-refractivity contribution >= 4 is 0 Å². The summed E-state index contributed by atoms with van der Waals surface area (Å²) in [6.45, 7) is 3.28. The first-order valence-corrected chi connectivity index (χ1v) is 7.80. The number of pyridine rings is 1. The number of fused-ring (bicyclic) bond motifs is 1. The zero-order valence-electron chi connectivity index (χ0n) is 12.6. The topological polar surface area (TPSA) is 66.5 Å². The molecule has 0 aliphatic carbocycles. The molecule has 1 aromatic rings. The molecule has 0 spiro atoms. The summed E-state index contributed by atoms with van der Waals surface area (Å²) in [7, 11) is 0. The Balaban J connectivity index is 1.68. The molecular formula is C17H19N5. The van der Waals surface area contributed by atoms with E-state index >= 15 is 0 Å². The van der Waals surface area contributed by atoms with Crippen LogP contribution in [0.4, 0.5) is 0 Å². The summed E-state index contributed by atoms with van der Waals surface area (Å²) < 4.78 is 0. The quantitative estimate of drug-likeness (QED) is 0.762. The number of hydrogen-bond donors (Lipinski definition) is 2. The van der Waals surface area contributed by atoms with E-state index in [-0.39, 0.29) is 0 Å². The van der Waals surface area contributed by atoms with Crippen LogP contribution in [0.25, 0.3) is 22.8 Å². The Morgan fingerprint density at radius 2 is 2.09 bits per heavy atom. The van der Waals surface area contributed by atoms with Gasteiger partial charge in [0, 0.05) is 18.2 Å². The zero-order valence-corrected chi connectivity index (χ0v) is 12.6. The van der Waals surface area contributed by atoms with Crippen LogP contribution in [0.1, 0.15) is 31.5 Å². The van der Waals surface area contributed by atoms with Crippen molar-refractivity contribution in [3.8, 4) is 22.8 Å². The first kappa shape index (κ1) is 13.4. The monoisotopic (exact) mass is 293 g/mol. The molecule has 1 fully saturated rings. The van der Waals surface area contributed by atoms with Crippen molar-refractivity contribution in [2.45, 2.75) is 31.7 Å². The number of hydrogen-bond acceptors (Lipinski definition) is 4. The molecular weight excluding hydrogens is 274 g/mol. The normalized spacial score (nSPS) is 22.0. The third kappa shape index (κ3) is 2.48. The number of nitrogens with one attached hydrogen (secondary N) is 2. The van der Waals surface area contributed by atoms with Gasteiger partial charge >= 0.3 is 0 Å². The van der Waals surface area contributed by atoms with Crippen LogP contribution in [-0.4, -0.2) is 32.5 Å². The molecule has 0 radical (unpaired) electrons. The fraction of sp³-hybridized carbons (Fsp3) is 0.353. The standard InChI is InChI=1S/C17H19N5/c1-11-8-12(5-7-18-11)17-20-10-16-15(22-17)9-14(21-16)13-4-2-3-6-19-13/h2-4,6,9-12,18H,5,7-8H2,1H3,(H,20,22). The molecule has 3 aliphatic heterocycles. The van der Waals surface area contributed by atoms with E-state index in [9.17, 15) is 0 Å². The van der Waals surface area contributed by atoms with Gasteiger partial charge in [0.05, 0.1) is 23.3 Å². The minimum absolute atomic E-state index is 0.494. The van der Waals surface area contributed by atoms with Crippen molar-refractivity contribution in [3.63, 3.8) is 0 Å². The minimum atomic E-state index is 0.494. The summed E-state index contributed by atoms with van der Waals surface area (Å²) in [5, 5.41) is 3.48. The van der Waals surface area contributed by atoms with Crippen LogP contribution in [-0.2, 0) is 0 Å². The fourth-order valence-electron chi connectivity index (χ4n) is 3.17. The first-order chi connectivity index (χ1) is 10.8. The van der Waals surface area contributed by atoms with Crippen LogP contribution in [0, 0.1) is 0 Å². The van der Waals surface area contributed by atoms with Crippen LogP contribution >= 0.6 is 0 Å². The van der Waals surface area contributed by atoms with E-state index in [1.54, 1.807) is 6.20 Å². The minimum Gasteiger partial charge on any atom is -0.342 e. The third-order valence-corrected chi connectivity index (χ3v) is 4.32. The Morgan fingerprint density at radius 3 is 2.91 bits per heavy atom. The van der Waals surface area contributed by atoms with Gasteiger partial charge in [-0.3, -0.25) is 4.98 Å². The van der Waals surface area contributed by atoms with Crippen LogP contribution in [0.2, 0.25) is 0 Å². The molecule has 2 atom stereocenters. The van der Waals surface area contributed by atoms with Gasteiger partial charge in [-0.1, -0.05) is 6.07 Å². The molecule has 4 rings (SSSR count). The maximum absolute atomic E-state index is 4.62. The summed E-state index contributed by atoms with van der Waals surface area (Å²) in [5.74, 6) is 1.56. The fourth-order valence-corrected chi connectivity index (χ4v) is 3.17. The second-order valence-electron chi connectivity index (χ2n) is 6.00. The average Bonchev–Trinajstić information content (AvgIpc) is 2.99. The Bertz CT molecular complexity index is 736. The summed E-state index contributed by atoms with van der Waals surface area (Å²) in [6.07, 6.45) is 5.91. The molecule has 5 heteroatoms. The highest BCUT2D eigenvalue weighted by Crippen LogP contribution is 2.30. The number of piperidine rings is 1. The lowest BCUT2D eigenvalue weighted by Gasteiger charge is -2.27. The molecule has 0 bridgehead atoms. The molecule has 3 aliphatic rings. The van der Waals surface area contributed by atoms with Crippen molar-refractivity contribution in [2.75, 3.05) is 6.54 Å². The zero-order chi connectivity index (χ0) is 14.9. The van der Waals surface area contributed by atoms with E-state index in [1.165, 1.54) is 0 Å². The molecule has 4 heterocycles. The summed E-state index contributed by atoms with van der Waals surface area (Å²) in [5.41, 5.74) is 3.72. The van der Waals surface area contributed by atoms with Gasteiger partial charge in [0.1, 0.15) is 11.5 Å². The van der Waals surface area contributed by atoms with E-state index in [0.29, 0.717) is 12.0 Å². The van der Waals surface area contributed by atoms with Gasteiger partial charge in [-0.15, -0.1) is 0 Å².